The molecule has 0 radical (unpaired) electrons. The monoisotopic (exact) mass is 426 g/mol. The lowest BCUT2D eigenvalue weighted by Gasteiger charge is -2.32. The molecule has 2 aliphatic rings. The molecule has 2 N–H and O–H groups in total. The molecular weight excluding hydrogens is 392 g/mol. The second-order valence-electron chi connectivity index (χ2n) is 9.66. The molecule has 1 saturated heterocycles. The van der Waals surface area contributed by atoms with Crippen LogP contribution in [0.25, 0.3) is 0 Å². The number of nitrogens with two attached hydrogens (primary N) is 1. The second kappa shape index (κ2) is 9.13. The van der Waals surface area contributed by atoms with Crippen LogP contribution in [-0.2, 0) is 6.42 Å². The number of nitrogens with zero attached hydrogens (tertiary/aromatic N) is 3. The fraction of sp³-hybridized carbons (Fsp3) is 0.600. The maximum absolute atomic E-state index is 6.88. The molecule has 0 amide bonds. The highest BCUT2D eigenvalue weighted by atomic mass is 35.5. The van der Waals surface area contributed by atoms with Crippen molar-refractivity contribution < 1.29 is 0 Å². The fourth-order valence-corrected chi connectivity index (χ4v) is 5.68. The third-order valence-corrected chi connectivity index (χ3v) is 7.48. The molecule has 1 aromatic carbocycles. The summed E-state index contributed by atoms with van der Waals surface area (Å²) in [5.41, 5.74) is 9.96. The highest BCUT2D eigenvalue weighted by Crippen LogP contribution is 2.42. The van der Waals surface area contributed by atoms with Crippen LogP contribution < -0.4 is 10.6 Å². The molecule has 2 aromatic rings. The van der Waals surface area contributed by atoms with E-state index in [0.29, 0.717) is 11.4 Å². The Kier molecular flexibility index (Phi) is 6.52. The van der Waals surface area contributed by atoms with Gasteiger partial charge in [-0.1, -0.05) is 56.3 Å². The molecule has 1 aliphatic carbocycles. The Bertz CT molecular complexity index is 855. The number of halogens is 1. The Morgan fingerprint density at radius 2 is 1.90 bits per heavy atom. The zero-order valence-electron chi connectivity index (χ0n) is 18.5. The summed E-state index contributed by atoms with van der Waals surface area (Å²) in [5.74, 6) is 1.26. The van der Waals surface area contributed by atoms with E-state index in [1.807, 2.05) is 13.0 Å². The minimum atomic E-state index is 0.232. The van der Waals surface area contributed by atoms with Gasteiger partial charge in [0.2, 0.25) is 5.95 Å². The molecule has 1 aromatic heterocycles. The molecule has 0 spiro atoms. The number of aryl methyl sites for hydroxylation is 2. The zero-order valence-corrected chi connectivity index (χ0v) is 19.2. The van der Waals surface area contributed by atoms with E-state index in [2.05, 4.69) is 40.0 Å². The highest BCUT2D eigenvalue weighted by molar-refractivity contribution is 6.31. The van der Waals surface area contributed by atoms with E-state index in [1.165, 1.54) is 56.1 Å². The van der Waals surface area contributed by atoms with E-state index in [9.17, 15) is 0 Å². The first-order valence-corrected chi connectivity index (χ1v) is 12.0. The summed E-state index contributed by atoms with van der Waals surface area (Å²) < 4.78 is 0. The van der Waals surface area contributed by atoms with Gasteiger partial charge < -0.3 is 10.6 Å². The average molecular weight is 427 g/mol. The predicted molar refractivity (Wildman–Crippen MR) is 126 cm³/mol. The molecule has 4 nitrogen and oxygen atoms in total. The van der Waals surface area contributed by atoms with Gasteiger partial charge in [0.15, 0.2) is 0 Å². The summed E-state index contributed by atoms with van der Waals surface area (Å²) in [6.07, 6.45) is 12.6. The van der Waals surface area contributed by atoms with Gasteiger partial charge in [-0.2, -0.15) is 4.98 Å². The van der Waals surface area contributed by atoms with Crippen LogP contribution in [0.4, 0.5) is 11.8 Å². The van der Waals surface area contributed by atoms with E-state index in [0.717, 1.165) is 42.3 Å². The molecule has 0 bridgehead atoms. The van der Waals surface area contributed by atoms with Crippen molar-refractivity contribution in [3.63, 3.8) is 0 Å². The van der Waals surface area contributed by atoms with Crippen molar-refractivity contribution in [2.75, 3.05) is 17.2 Å². The smallest absolute Gasteiger partial charge is 0.222 e. The predicted octanol–water partition coefficient (Wildman–Crippen LogP) is 6.66. The topological polar surface area (TPSA) is 55.0 Å². The molecule has 2 fully saturated rings. The SMILES string of the molecule is Cc1cc(N2CCCCCC2c2ccc(CCC3(C)CCCC3)cc2Cl)nc(N)n1. The standard InChI is InChI=1S/C25H35ClN4/c1-18-16-23(29-24(27)28-18)30-15-7-3-4-8-22(30)20-10-9-19(17-21(20)26)11-14-25(2)12-5-6-13-25/h9-10,16-17,22H,3-8,11-15H2,1-2H3,(H2,27,28,29). The van der Waals surface area contributed by atoms with Crippen molar-refractivity contribution in [3.8, 4) is 0 Å². The summed E-state index contributed by atoms with van der Waals surface area (Å²) in [6, 6.07) is 9.03. The number of hydrogen-bond donors (Lipinski definition) is 1. The lowest BCUT2D eigenvalue weighted by molar-refractivity contribution is 0.309. The Balaban J connectivity index is 1.56. The van der Waals surface area contributed by atoms with Crippen molar-refractivity contribution in [3.05, 3.63) is 46.1 Å². The molecule has 2 heterocycles. The molecule has 4 rings (SSSR count). The van der Waals surface area contributed by atoms with E-state index >= 15 is 0 Å². The van der Waals surface area contributed by atoms with E-state index in [-0.39, 0.29) is 6.04 Å². The molecule has 162 valence electrons. The number of nitrogen functional groups attached to an aromatic ring is 1. The van der Waals surface area contributed by atoms with Gasteiger partial charge in [-0.3, -0.25) is 0 Å². The summed E-state index contributed by atoms with van der Waals surface area (Å²) in [4.78, 5) is 11.2. The van der Waals surface area contributed by atoms with E-state index in [1.54, 1.807) is 0 Å². The zero-order chi connectivity index (χ0) is 21.1. The summed E-state index contributed by atoms with van der Waals surface area (Å²) in [6.45, 7) is 5.40. The maximum atomic E-state index is 6.88. The lowest BCUT2D eigenvalue weighted by atomic mass is 9.82. The van der Waals surface area contributed by atoms with Crippen LogP contribution in [0.1, 0.15) is 87.6 Å². The van der Waals surface area contributed by atoms with Gasteiger partial charge in [-0.15, -0.1) is 0 Å². The second-order valence-corrected chi connectivity index (χ2v) is 10.1. The van der Waals surface area contributed by atoms with Crippen molar-refractivity contribution >= 4 is 23.4 Å². The van der Waals surface area contributed by atoms with E-state index in [4.69, 9.17) is 17.3 Å². The first-order valence-electron chi connectivity index (χ1n) is 11.6. The van der Waals surface area contributed by atoms with Crippen LogP contribution in [0.15, 0.2) is 24.3 Å². The van der Waals surface area contributed by atoms with Gasteiger partial charge in [-0.05, 0) is 68.1 Å². The molecule has 1 saturated carbocycles. The van der Waals surface area contributed by atoms with Gasteiger partial charge in [0.25, 0.3) is 0 Å². The van der Waals surface area contributed by atoms with Crippen molar-refractivity contribution in [2.45, 2.75) is 84.1 Å². The number of benzene rings is 1. The van der Waals surface area contributed by atoms with Crippen molar-refractivity contribution in [1.82, 2.24) is 9.97 Å². The molecule has 1 atom stereocenters. The lowest BCUT2D eigenvalue weighted by Crippen LogP contribution is -2.30. The Hall–Kier alpha value is -1.81. The third kappa shape index (κ3) is 4.91. The van der Waals surface area contributed by atoms with Gasteiger partial charge in [0.05, 0.1) is 6.04 Å². The quantitative estimate of drug-likeness (QED) is 0.581. The molecule has 30 heavy (non-hydrogen) atoms. The number of rotatable bonds is 5. The largest absolute Gasteiger partial charge is 0.368 e. The first-order chi connectivity index (χ1) is 14.4. The molecular formula is C25H35ClN4. The first kappa shape index (κ1) is 21.4. The third-order valence-electron chi connectivity index (χ3n) is 7.16. The van der Waals surface area contributed by atoms with Crippen LogP contribution in [-0.4, -0.2) is 16.5 Å². The summed E-state index contributed by atoms with van der Waals surface area (Å²) in [5, 5.41) is 0.889. The van der Waals surface area contributed by atoms with Crippen LogP contribution >= 0.6 is 11.6 Å². The van der Waals surface area contributed by atoms with Crippen LogP contribution in [0.5, 0.6) is 0 Å². The number of hydrogen-bond acceptors (Lipinski definition) is 4. The fourth-order valence-electron chi connectivity index (χ4n) is 5.35. The van der Waals surface area contributed by atoms with Crippen molar-refractivity contribution in [1.29, 1.82) is 0 Å². The normalized spacial score (nSPS) is 21.6. The maximum Gasteiger partial charge on any atom is 0.222 e. The minimum Gasteiger partial charge on any atom is -0.368 e. The van der Waals surface area contributed by atoms with Gasteiger partial charge >= 0.3 is 0 Å². The molecule has 1 unspecified atom stereocenters. The van der Waals surface area contributed by atoms with Gasteiger partial charge in [0, 0.05) is 23.3 Å². The molecule has 5 heteroatoms. The van der Waals surface area contributed by atoms with Gasteiger partial charge in [0.1, 0.15) is 5.82 Å². The Labute approximate surface area is 186 Å². The van der Waals surface area contributed by atoms with Crippen LogP contribution in [0.3, 0.4) is 0 Å². The van der Waals surface area contributed by atoms with Gasteiger partial charge in [-0.25, -0.2) is 4.98 Å². The number of anilines is 2. The minimum absolute atomic E-state index is 0.232. The van der Waals surface area contributed by atoms with E-state index < -0.39 is 0 Å². The van der Waals surface area contributed by atoms with Crippen LogP contribution in [0, 0.1) is 12.3 Å². The highest BCUT2D eigenvalue weighted by Gasteiger charge is 2.29. The Morgan fingerprint density at radius 1 is 1.10 bits per heavy atom. The Morgan fingerprint density at radius 3 is 2.63 bits per heavy atom. The summed E-state index contributed by atoms with van der Waals surface area (Å²) >= 11 is 6.88. The average Bonchev–Trinajstić information content (AvgIpc) is 2.99. The molecule has 1 aliphatic heterocycles. The van der Waals surface area contributed by atoms with Crippen molar-refractivity contribution in [2.24, 2.45) is 5.41 Å². The number of aromatic nitrogens is 2. The summed E-state index contributed by atoms with van der Waals surface area (Å²) in [7, 11) is 0. The van der Waals surface area contributed by atoms with Crippen LogP contribution in [0.2, 0.25) is 5.02 Å².